The predicted molar refractivity (Wildman–Crippen MR) is 83.7 cm³/mol. The summed E-state index contributed by atoms with van der Waals surface area (Å²) in [6.07, 6.45) is 8.24. The maximum absolute atomic E-state index is 10.3. The van der Waals surface area contributed by atoms with Crippen LogP contribution in [0.3, 0.4) is 0 Å². The van der Waals surface area contributed by atoms with Crippen molar-refractivity contribution in [2.24, 2.45) is 5.92 Å². The van der Waals surface area contributed by atoms with E-state index in [-0.39, 0.29) is 0 Å². The van der Waals surface area contributed by atoms with Crippen molar-refractivity contribution in [3.63, 3.8) is 0 Å². The molecule has 1 aliphatic rings. The summed E-state index contributed by atoms with van der Waals surface area (Å²) in [5.74, 6) is -2.92. The van der Waals surface area contributed by atoms with E-state index in [2.05, 4.69) is 20.8 Å². The van der Waals surface area contributed by atoms with Crippen LogP contribution in [0.2, 0.25) is 0 Å². The van der Waals surface area contributed by atoms with Crippen molar-refractivity contribution in [3.8, 4) is 0 Å². The van der Waals surface area contributed by atoms with Crippen molar-refractivity contribution in [1.29, 1.82) is 0 Å². The first-order valence-corrected chi connectivity index (χ1v) is 8.76. The second-order valence-electron chi connectivity index (χ2n) is 6.56. The third kappa shape index (κ3) is 4.92. The Morgan fingerprint density at radius 3 is 2.19 bits per heavy atom. The predicted octanol–water partition coefficient (Wildman–Crippen LogP) is 3.33. The Balaban J connectivity index is 2.40. The summed E-state index contributed by atoms with van der Waals surface area (Å²) in [4.78, 5) is 0. The van der Waals surface area contributed by atoms with Gasteiger partial charge in [0.15, 0.2) is 0 Å². The van der Waals surface area contributed by atoms with E-state index in [1.165, 1.54) is 0 Å². The maximum atomic E-state index is 10.3. The van der Waals surface area contributed by atoms with Gasteiger partial charge >= 0.3 is 0 Å². The van der Waals surface area contributed by atoms with Gasteiger partial charge in [-0.15, -0.1) is 0 Å². The van der Waals surface area contributed by atoms with Gasteiger partial charge in [-0.25, -0.2) is 0 Å². The van der Waals surface area contributed by atoms with Gasteiger partial charge in [-0.1, -0.05) is 65.7 Å². The Labute approximate surface area is 129 Å². The number of ether oxygens (including phenoxy) is 1. The molecule has 1 saturated heterocycles. The molecule has 21 heavy (non-hydrogen) atoms. The SMILES string of the molecule is CCCCCCC1(O)OC1(O)C(O)CC(CC)CCCC. The van der Waals surface area contributed by atoms with E-state index >= 15 is 0 Å². The topological polar surface area (TPSA) is 73.2 Å². The maximum Gasteiger partial charge on any atom is 0.250 e. The van der Waals surface area contributed by atoms with Crippen LogP contribution in [0.15, 0.2) is 0 Å². The number of hydrogen-bond donors (Lipinski definition) is 3. The molecule has 4 unspecified atom stereocenters. The Hall–Kier alpha value is -0.160. The lowest BCUT2D eigenvalue weighted by molar-refractivity contribution is -0.0892. The zero-order chi connectivity index (χ0) is 15.9. The van der Waals surface area contributed by atoms with E-state index in [4.69, 9.17) is 4.74 Å². The Morgan fingerprint density at radius 1 is 0.952 bits per heavy atom. The molecule has 0 spiro atoms. The van der Waals surface area contributed by atoms with Crippen molar-refractivity contribution in [1.82, 2.24) is 0 Å². The van der Waals surface area contributed by atoms with E-state index in [0.717, 1.165) is 51.4 Å². The van der Waals surface area contributed by atoms with Crippen LogP contribution in [0.5, 0.6) is 0 Å². The molecule has 1 rings (SSSR count). The quantitative estimate of drug-likeness (QED) is 0.382. The first kappa shape index (κ1) is 18.9. The van der Waals surface area contributed by atoms with Crippen molar-refractivity contribution < 1.29 is 20.1 Å². The van der Waals surface area contributed by atoms with Crippen LogP contribution >= 0.6 is 0 Å². The van der Waals surface area contributed by atoms with Gasteiger partial charge in [0, 0.05) is 6.42 Å². The third-order valence-electron chi connectivity index (χ3n) is 4.76. The van der Waals surface area contributed by atoms with E-state index < -0.39 is 17.7 Å². The molecule has 4 atom stereocenters. The average molecular weight is 302 g/mol. The number of aliphatic hydroxyl groups excluding tert-OH is 1. The largest absolute Gasteiger partial charge is 0.387 e. The van der Waals surface area contributed by atoms with Gasteiger partial charge in [0.05, 0.1) is 0 Å². The normalized spacial score (nSPS) is 31.1. The van der Waals surface area contributed by atoms with Crippen molar-refractivity contribution in [2.45, 2.75) is 103 Å². The molecule has 3 N–H and O–H groups in total. The first-order chi connectivity index (χ1) is 9.93. The van der Waals surface area contributed by atoms with Gasteiger partial charge in [-0.05, 0) is 18.8 Å². The monoisotopic (exact) mass is 302 g/mol. The zero-order valence-electron chi connectivity index (χ0n) is 14.0. The Kier molecular flexibility index (Phi) is 7.62. The first-order valence-electron chi connectivity index (χ1n) is 8.76. The average Bonchev–Trinajstić information content (AvgIpc) is 3.03. The van der Waals surface area contributed by atoms with Crippen LogP contribution in [0.4, 0.5) is 0 Å². The minimum Gasteiger partial charge on any atom is -0.387 e. The van der Waals surface area contributed by atoms with Gasteiger partial charge in [-0.3, -0.25) is 0 Å². The molecule has 0 radical (unpaired) electrons. The summed E-state index contributed by atoms with van der Waals surface area (Å²) in [5, 5.41) is 30.8. The van der Waals surface area contributed by atoms with E-state index in [1.54, 1.807) is 0 Å². The van der Waals surface area contributed by atoms with Crippen LogP contribution in [0, 0.1) is 5.92 Å². The number of aliphatic hydroxyl groups is 3. The van der Waals surface area contributed by atoms with Gasteiger partial charge in [0.1, 0.15) is 6.10 Å². The van der Waals surface area contributed by atoms with Gasteiger partial charge < -0.3 is 20.1 Å². The minimum atomic E-state index is -1.75. The second-order valence-corrected chi connectivity index (χ2v) is 6.56. The van der Waals surface area contributed by atoms with Crippen LogP contribution in [0.25, 0.3) is 0 Å². The standard InChI is InChI=1S/C17H34O4/c1-4-7-9-10-12-16(19)17(20,21-16)15(18)13-14(6-3)11-8-5-2/h14-15,18-20H,4-13H2,1-3H3. The molecule has 0 aliphatic carbocycles. The fourth-order valence-corrected chi connectivity index (χ4v) is 3.04. The molecular formula is C17H34O4. The lowest BCUT2D eigenvalue weighted by Gasteiger charge is -2.22. The number of unbranched alkanes of at least 4 members (excludes halogenated alkanes) is 4. The van der Waals surface area contributed by atoms with Crippen LogP contribution in [0.1, 0.15) is 85.0 Å². The van der Waals surface area contributed by atoms with Crippen molar-refractivity contribution in [3.05, 3.63) is 0 Å². The summed E-state index contributed by atoms with van der Waals surface area (Å²) in [6.45, 7) is 6.38. The molecule has 1 aliphatic heterocycles. The third-order valence-corrected chi connectivity index (χ3v) is 4.76. The lowest BCUT2D eigenvalue weighted by Crippen LogP contribution is -2.39. The Bertz CT molecular complexity index is 297. The summed E-state index contributed by atoms with van der Waals surface area (Å²) < 4.78 is 5.14. The molecule has 0 amide bonds. The van der Waals surface area contributed by atoms with Gasteiger partial charge in [0.25, 0.3) is 5.79 Å². The minimum absolute atomic E-state index is 0.373. The molecule has 4 nitrogen and oxygen atoms in total. The van der Waals surface area contributed by atoms with Gasteiger partial charge in [-0.2, -0.15) is 0 Å². The molecule has 0 aromatic carbocycles. The van der Waals surface area contributed by atoms with Gasteiger partial charge in [0.2, 0.25) is 5.79 Å². The smallest absolute Gasteiger partial charge is 0.250 e. The highest BCUT2D eigenvalue weighted by Gasteiger charge is 2.72. The lowest BCUT2D eigenvalue weighted by atomic mass is 9.89. The molecule has 1 fully saturated rings. The summed E-state index contributed by atoms with van der Waals surface area (Å²) >= 11 is 0. The fourth-order valence-electron chi connectivity index (χ4n) is 3.04. The Morgan fingerprint density at radius 2 is 1.62 bits per heavy atom. The summed E-state index contributed by atoms with van der Waals surface area (Å²) in [7, 11) is 0. The summed E-state index contributed by atoms with van der Waals surface area (Å²) in [5.41, 5.74) is 0. The van der Waals surface area contributed by atoms with E-state index in [1.807, 2.05) is 0 Å². The zero-order valence-corrected chi connectivity index (χ0v) is 14.0. The second kappa shape index (κ2) is 8.47. The van der Waals surface area contributed by atoms with E-state index in [9.17, 15) is 15.3 Å². The molecule has 0 aromatic heterocycles. The number of rotatable bonds is 12. The van der Waals surface area contributed by atoms with Crippen molar-refractivity contribution >= 4 is 0 Å². The van der Waals surface area contributed by atoms with Crippen LogP contribution < -0.4 is 0 Å². The van der Waals surface area contributed by atoms with Crippen LogP contribution in [-0.4, -0.2) is 33.0 Å². The molecule has 126 valence electrons. The van der Waals surface area contributed by atoms with Crippen molar-refractivity contribution in [2.75, 3.05) is 0 Å². The number of epoxide rings is 1. The van der Waals surface area contributed by atoms with Crippen LogP contribution in [-0.2, 0) is 4.74 Å². The molecule has 0 aromatic rings. The molecule has 0 saturated carbocycles. The summed E-state index contributed by atoms with van der Waals surface area (Å²) in [6, 6.07) is 0. The molecule has 4 heteroatoms. The molecular weight excluding hydrogens is 268 g/mol. The molecule has 0 bridgehead atoms. The fraction of sp³-hybridized carbons (Fsp3) is 1.00. The highest BCUT2D eigenvalue weighted by atomic mass is 16.8. The van der Waals surface area contributed by atoms with E-state index in [0.29, 0.717) is 18.8 Å². The highest BCUT2D eigenvalue weighted by Crippen LogP contribution is 2.51. The highest BCUT2D eigenvalue weighted by molar-refractivity contribution is 5.05. The molecule has 1 heterocycles. The number of hydrogen-bond acceptors (Lipinski definition) is 4.